The molecule has 0 radical (unpaired) electrons. The highest BCUT2D eigenvalue weighted by molar-refractivity contribution is 6.45. The molecule has 1 aromatic carbocycles. The Hall–Kier alpha value is -0.835. The molecule has 2 aliphatic heterocycles. The molecule has 3 unspecified atom stereocenters. The van der Waals surface area contributed by atoms with Crippen LogP contribution < -0.4 is 0 Å². The third-order valence-electron chi connectivity index (χ3n) is 3.64. The molecule has 2 bridgehead atoms. The summed E-state index contributed by atoms with van der Waals surface area (Å²) in [5, 5.41) is 9.71. The number of morpholine rings is 1. The fourth-order valence-electron chi connectivity index (χ4n) is 2.92. The lowest BCUT2D eigenvalue weighted by Crippen LogP contribution is -2.46. The van der Waals surface area contributed by atoms with E-state index in [1.54, 1.807) is 0 Å². The molecule has 0 spiro atoms. The van der Waals surface area contributed by atoms with Crippen molar-refractivity contribution in [1.29, 1.82) is 0 Å². The van der Waals surface area contributed by atoms with Crippen molar-refractivity contribution in [1.82, 2.24) is 4.81 Å². The highest BCUT2D eigenvalue weighted by atomic mass is 16.5. The lowest BCUT2D eigenvalue weighted by molar-refractivity contribution is -0.0152. The van der Waals surface area contributed by atoms with Gasteiger partial charge in [0.2, 0.25) is 0 Å². The van der Waals surface area contributed by atoms with Crippen LogP contribution in [0.4, 0.5) is 0 Å². The Labute approximate surface area is 96.2 Å². The Morgan fingerprint density at radius 2 is 2.12 bits per heavy atom. The maximum atomic E-state index is 9.71. The largest absolute Gasteiger partial charge is 0.437 e. The summed E-state index contributed by atoms with van der Waals surface area (Å²) < 4.78 is 5.97. The van der Waals surface area contributed by atoms with Crippen LogP contribution in [-0.2, 0) is 4.74 Å². The molecule has 3 nitrogen and oxygen atoms in total. The predicted octanol–water partition coefficient (Wildman–Crippen LogP) is 1.31. The molecule has 4 heteroatoms. The summed E-state index contributed by atoms with van der Waals surface area (Å²) in [5.74, 6) is 0. The van der Waals surface area contributed by atoms with E-state index >= 15 is 0 Å². The van der Waals surface area contributed by atoms with Crippen molar-refractivity contribution >= 4 is 7.05 Å². The van der Waals surface area contributed by atoms with Gasteiger partial charge >= 0.3 is 7.05 Å². The van der Waals surface area contributed by atoms with Gasteiger partial charge in [0.25, 0.3) is 0 Å². The second kappa shape index (κ2) is 3.88. The monoisotopic (exact) mass is 217 g/mol. The summed E-state index contributed by atoms with van der Waals surface area (Å²) in [6.07, 6.45) is 1.48. The molecule has 0 aliphatic carbocycles. The Kier molecular flexibility index (Phi) is 2.50. The summed E-state index contributed by atoms with van der Waals surface area (Å²) in [6.45, 7) is 2.70. The van der Waals surface area contributed by atoms with Crippen LogP contribution in [0.15, 0.2) is 30.3 Å². The number of rotatable bonds is 2. The number of benzene rings is 1. The standard InChI is InChI=1S/C12H16BNO2/c1-13(15)14-8-10-7-11(14)12(16-10)9-5-3-2-4-6-9/h2-6,10-12,15H,7-8H2,1H3. The molecule has 16 heavy (non-hydrogen) atoms. The van der Waals surface area contributed by atoms with Crippen molar-refractivity contribution in [3.63, 3.8) is 0 Å². The van der Waals surface area contributed by atoms with E-state index in [0.29, 0.717) is 12.1 Å². The van der Waals surface area contributed by atoms with Gasteiger partial charge in [0.15, 0.2) is 0 Å². The normalized spacial score (nSPS) is 33.2. The fourth-order valence-corrected chi connectivity index (χ4v) is 2.92. The predicted molar refractivity (Wildman–Crippen MR) is 63.0 cm³/mol. The van der Waals surface area contributed by atoms with E-state index < -0.39 is 0 Å². The highest BCUT2D eigenvalue weighted by Crippen LogP contribution is 2.41. The molecule has 84 valence electrons. The van der Waals surface area contributed by atoms with Crippen molar-refractivity contribution in [2.75, 3.05) is 6.54 Å². The average Bonchev–Trinajstić information content (AvgIpc) is 2.89. The summed E-state index contributed by atoms with van der Waals surface area (Å²) in [4.78, 5) is 2.14. The molecule has 3 atom stereocenters. The minimum absolute atomic E-state index is 0.134. The molecule has 2 aliphatic rings. The van der Waals surface area contributed by atoms with E-state index in [0.717, 1.165) is 13.0 Å². The first-order valence-electron chi connectivity index (χ1n) is 5.90. The first kappa shape index (κ1) is 10.3. The molecule has 0 aromatic heterocycles. The van der Waals surface area contributed by atoms with E-state index in [4.69, 9.17) is 4.74 Å². The van der Waals surface area contributed by atoms with Crippen molar-refractivity contribution < 1.29 is 9.76 Å². The molecule has 1 N–H and O–H groups in total. The SMILES string of the molecule is CB(O)N1CC2CC1C(c1ccccc1)O2. The maximum absolute atomic E-state index is 9.71. The molecular weight excluding hydrogens is 201 g/mol. The number of fused-ring (bicyclic) bond motifs is 2. The Morgan fingerprint density at radius 3 is 2.75 bits per heavy atom. The Balaban J connectivity index is 1.84. The van der Waals surface area contributed by atoms with E-state index in [1.165, 1.54) is 5.56 Å². The molecule has 1 aromatic rings. The van der Waals surface area contributed by atoms with E-state index in [-0.39, 0.29) is 13.2 Å². The highest BCUT2D eigenvalue weighted by Gasteiger charge is 2.48. The number of ether oxygens (including phenoxy) is 1. The van der Waals surface area contributed by atoms with Gasteiger partial charge in [0, 0.05) is 12.6 Å². The van der Waals surface area contributed by atoms with Crippen LogP contribution in [-0.4, -0.2) is 35.6 Å². The van der Waals surface area contributed by atoms with Crippen LogP contribution in [0.2, 0.25) is 6.82 Å². The van der Waals surface area contributed by atoms with Crippen LogP contribution in [0, 0.1) is 0 Å². The van der Waals surface area contributed by atoms with Crippen LogP contribution in [0.3, 0.4) is 0 Å². The van der Waals surface area contributed by atoms with E-state index in [1.807, 2.05) is 25.0 Å². The van der Waals surface area contributed by atoms with Crippen LogP contribution in [0.5, 0.6) is 0 Å². The zero-order valence-corrected chi connectivity index (χ0v) is 9.41. The lowest BCUT2D eigenvalue weighted by atomic mass is 9.82. The van der Waals surface area contributed by atoms with Gasteiger partial charge < -0.3 is 14.6 Å². The quantitative estimate of drug-likeness (QED) is 0.758. The van der Waals surface area contributed by atoms with Crippen molar-refractivity contribution in [2.24, 2.45) is 0 Å². The minimum Gasteiger partial charge on any atom is -0.437 e. The van der Waals surface area contributed by atoms with Crippen LogP contribution in [0.25, 0.3) is 0 Å². The summed E-state index contributed by atoms with van der Waals surface area (Å²) in [7, 11) is -0.370. The molecule has 0 amide bonds. The molecule has 2 fully saturated rings. The number of nitrogens with zero attached hydrogens (tertiary/aromatic N) is 1. The van der Waals surface area contributed by atoms with Crippen molar-refractivity contribution in [3.8, 4) is 0 Å². The molecular formula is C12H16BNO2. The van der Waals surface area contributed by atoms with Crippen LogP contribution >= 0.6 is 0 Å². The zero-order valence-electron chi connectivity index (χ0n) is 9.41. The number of hydrogen-bond donors (Lipinski definition) is 1. The van der Waals surface area contributed by atoms with Gasteiger partial charge in [-0.1, -0.05) is 30.3 Å². The third-order valence-corrected chi connectivity index (χ3v) is 3.64. The van der Waals surface area contributed by atoms with Gasteiger partial charge in [-0.25, -0.2) is 0 Å². The van der Waals surface area contributed by atoms with Gasteiger partial charge in [-0.3, -0.25) is 0 Å². The Morgan fingerprint density at radius 1 is 1.38 bits per heavy atom. The third kappa shape index (κ3) is 1.58. The zero-order chi connectivity index (χ0) is 11.1. The smallest absolute Gasteiger partial charge is 0.376 e. The Bertz CT molecular complexity index is 371. The minimum atomic E-state index is -0.370. The van der Waals surface area contributed by atoms with Crippen molar-refractivity contribution in [2.45, 2.75) is 31.5 Å². The second-order valence-electron chi connectivity index (χ2n) is 4.72. The van der Waals surface area contributed by atoms with Gasteiger partial charge in [0.05, 0.1) is 12.2 Å². The first-order valence-corrected chi connectivity index (χ1v) is 5.90. The topological polar surface area (TPSA) is 32.7 Å². The average molecular weight is 217 g/mol. The molecule has 2 saturated heterocycles. The van der Waals surface area contributed by atoms with Gasteiger partial charge in [-0.15, -0.1) is 0 Å². The fraction of sp³-hybridized carbons (Fsp3) is 0.500. The number of hydrogen-bond acceptors (Lipinski definition) is 3. The van der Waals surface area contributed by atoms with Crippen molar-refractivity contribution in [3.05, 3.63) is 35.9 Å². The van der Waals surface area contributed by atoms with Crippen LogP contribution in [0.1, 0.15) is 18.1 Å². The van der Waals surface area contributed by atoms with Gasteiger partial charge in [-0.05, 0) is 18.8 Å². The summed E-state index contributed by atoms with van der Waals surface area (Å²) in [6, 6.07) is 10.6. The van der Waals surface area contributed by atoms with Gasteiger partial charge in [0.1, 0.15) is 0 Å². The molecule has 2 heterocycles. The van der Waals surface area contributed by atoms with Gasteiger partial charge in [-0.2, -0.15) is 0 Å². The van der Waals surface area contributed by atoms with E-state index in [2.05, 4.69) is 16.9 Å². The maximum Gasteiger partial charge on any atom is 0.376 e. The van der Waals surface area contributed by atoms with E-state index in [9.17, 15) is 5.02 Å². The summed E-state index contributed by atoms with van der Waals surface area (Å²) >= 11 is 0. The second-order valence-corrected chi connectivity index (χ2v) is 4.72. The lowest BCUT2D eigenvalue weighted by Gasteiger charge is -2.34. The molecule has 0 saturated carbocycles. The molecule has 3 rings (SSSR count). The summed E-state index contributed by atoms with van der Waals surface area (Å²) in [5.41, 5.74) is 1.22. The first-order chi connectivity index (χ1) is 7.75.